The monoisotopic (exact) mass is 231 g/mol. The van der Waals surface area contributed by atoms with Crippen LogP contribution in [0.2, 0.25) is 0 Å². The van der Waals surface area contributed by atoms with Gasteiger partial charge in [0, 0.05) is 18.3 Å². The molecule has 0 bridgehead atoms. The number of imidazole rings is 1. The van der Waals surface area contributed by atoms with Crippen molar-refractivity contribution in [1.29, 1.82) is 0 Å². The minimum absolute atomic E-state index is 0.527. The van der Waals surface area contributed by atoms with Crippen molar-refractivity contribution in [3.8, 4) is 17.0 Å². The first-order valence-corrected chi connectivity index (χ1v) is 5.65. The molecule has 4 nitrogen and oxygen atoms in total. The standard InChI is InChI=1S/C13H17N3O/c1-4-17-11-7-5-6-10(8-11)12-9(2)16(3)13(14)15-12/h5-8H,4H2,1-3H3,(H2,14,15). The van der Waals surface area contributed by atoms with E-state index in [2.05, 4.69) is 4.98 Å². The molecule has 0 unspecified atom stereocenters. The Morgan fingerprint density at radius 3 is 2.76 bits per heavy atom. The molecule has 4 heteroatoms. The SMILES string of the molecule is CCOc1cccc(-c2nc(N)n(C)c2C)c1. The van der Waals surface area contributed by atoms with Crippen molar-refractivity contribution < 1.29 is 4.74 Å². The molecule has 17 heavy (non-hydrogen) atoms. The normalized spacial score (nSPS) is 10.5. The number of hydrogen-bond donors (Lipinski definition) is 1. The van der Waals surface area contributed by atoms with Crippen LogP contribution in [0.3, 0.4) is 0 Å². The summed E-state index contributed by atoms with van der Waals surface area (Å²) in [7, 11) is 1.91. The zero-order valence-corrected chi connectivity index (χ0v) is 10.4. The number of nitrogen functional groups attached to an aromatic ring is 1. The fourth-order valence-electron chi connectivity index (χ4n) is 1.77. The van der Waals surface area contributed by atoms with Crippen LogP contribution in [0.15, 0.2) is 24.3 Å². The van der Waals surface area contributed by atoms with Crippen LogP contribution in [0.5, 0.6) is 5.75 Å². The smallest absolute Gasteiger partial charge is 0.200 e. The maximum atomic E-state index is 5.80. The molecule has 2 rings (SSSR count). The molecule has 0 fully saturated rings. The van der Waals surface area contributed by atoms with E-state index in [-0.39, 0.29) is 0 Å². The molecule has 0 aliphatic heterocycles. The lowest BCUT2D eigenvalue weighted by Crippen LogP contribution is -1.97. The van der Waals surface area contributed by atoms with E-state index in [1.807, 2.05) is 49.7 Å². The van der Waals surface area contributed by atoms with Crippen LogP contribution in [0, 0.1) is 6.92 Å². The molecule has 2 aromatic rings. The number of ether oxygens (including phenoxy) is 1. The number of hydrogen-bond acceptors (Lipinski definition) is 3. The van der Waals surface area contributed by atoms with Gasteiger partial charge in [-0.25, -0.2) is 4.98 Å². The summed E-state index contributed by atoms with van der Waals surface area (Å²) in [4.78, 5) is 4.37. The van der Waals surface area contributed by atoms with Gasteiger partial charge in [-0.3, -0.25) is 0 Å². The Balaban J connectivity index is 2.45. The highest BCUT2D eigenvalue weighted by atomic mass is 16.5. The van der Waals surface area contributed by atoms with Gasteiger partial charge in [-0.2, -0.15) is 0 Å². The quantitative estimate of drug-likeness (QED) is 0.882. The van der Waals surface area contributed by atoms with Gasteiger partial charge >= 0.3 is 0 Å². The predicted molar refractivity (Wildman–Crippen MR) is 69.0 cm³/mol. The summed E-state index contributed by atoms with van der Waals surface area (Å²) in [6.07, 6.45) is 0. The molecule has 0 aliphatic carbocycles. The van der Waals surface area contributed by atoms with Gasteiger partial charge in [-0.1, -0.05) is 12.1 Å². The topological polar surface area (TPSA) is 53.1 Å². The molecule has 1 aromatic heterocycles. The van der Waals surface area contributed by atoms with Gasteiger partial charge in [-0.15, -0.1) is 0 Å². The third kappa shape index (κ3) is 2.11. The molecule has 0 saturated carbocycles. The van der Waals surface area contributed by atoms with Crippen molar-refractivity contribution >= 4 is 5.95 Å². The molecule has 0 radical (unpaired) electrons. The number of anilines is 1. The number of nitrogens with two attached hydrogens (primary N) is 1. The van der Waals surface area contributed by atoms with E-state index in [1.165, 1.54) is 0 Å². The third-order valence-corrected chi connectivity index (χ3v) is 2.83. The molecule has 0 amide bonds. The summed E-state index contributed by atoms with van der Waals surface area (Å²) >= 11 is 0. The minimum atomic E-state index is 0.527. The Hall–Kier alpha value is -1.97. The molecule has 0 saturated heterocycles. The van der Waals surface area contributed by atoms with E-state index >= 15 is 0 Å². The van der Waals surface area contributed by atoms with E-state index in [0.29, 0.717) is 12.6 Å². The fraction of sp³-hybridized carbons (Fsp3) is 0.308. The Kier molecular flexibility index (Phi) is 3.04. The zero-order valence-electron chi connectivity index (χ0n) is 10.4. The second-order valence-corrected chi connectivity index (χ2v) is 3.92. The van der Waals surface area contributed by atoms with E-state index in [9.17, 15) is 0 Å². The second-order valence-electron chi connectivity index (χ2n) is 3.92. The van der Waals surface area contributed by atoms with Crippen molar-refractivity contribution in [3.63, 3.8) is 0 Å². The van der Waals surface area contributed by atoms with Crippen molar-refractivity contribution in [2.45, 2.75) is 13.8 Å². The molecule has 0 aliphatic rings. The lowest BCUT2D eigenvalue weighted by Gasteiger charge is -2.05. The zero-order chi connectivity index (χ0) is 12.4. The number of nitrogens with zero attached hydrogens (tertiary/aromatic N) is 2. The maximum Gasteiger partial charge on any atom is 0.200 e. The fourth-order valence-corrected chi connectivity index (χ4v) is 1.77. The van der Waals surface area contributed by atoms with Gasteiger partial charge in [0.25, 0.3) is 0 Å². The van der Waals surface area contributed by atoms with Gasteiger partial charge in [0.1, 0.15) is 5.75 Å². The third-order valence-electron chi connectivity index (χ3n) is 2.83. The molecule has 0 spiro atoms. The Morgan fingerprint density at radius 1 is 1.41 bits per heavy atom. The van der Waals surface area contributed by atoms with Crippen LogP contribution in [0.4, 0.5) is 5.95 Å². The highest BCUT2D eigenvalue weighted by Gasteiger charge is 2.11. The van der Waals surface area contributed by atoms with Crippen molar-refractivity contribution in [3.05, 3.63) is 30.0 Å². The maximum absolute atomic E-state index is 5.80. The Morgan fingerprint density at radius 2 is 2.18 bits per heavy atom. The lowest BCUT2D eigenvalue weighted by atomic mass is 10.1. The predicted octanol–water partition coefficient (Wildman–Crippen LogP) is 2.38. The molecule has 1 heterocycles. The summed E-state index contributed by atoms with van der Waals surface area (Å²) in [5.41, 5.74) is 8.79. The summed E-state index contributed by atoms with van der Waals surface area (Å²) in [6.45, 7) is 4.63. The molecular weight excluding hydrogens is 214 g/mol. The van der Waals surface area contributed by atoms with Crippen LogP contribution < -0.4 is 10.5 Å². The lowest BCUT2D eigenvalue weighted by molar-refractivity contribution is 0.340. The molecule has 0 atom stereocenters. The van der Waals surface area contributed by atoms with Crippen molar-refractivity contribution in [2.75, 3.05) is 12.3 Å². The Bertz CT molecular complexity index is 531. The first-order chi connectivity index (χ1) is 8.13. The number of aromatic nitrogens is 2. The van der Waals surface area contributed by atoms with Crippen LogP contribution >= 0.6 is 0 Å². The second kappa shape index (κ2) is 4.49. The van der Waals surface area contributed by atoms with E-state index < -0.39 is 0 Å². The van der Waals surface area contributed by atoms with Crippen LogP contribution in [0.25, 0.3) is 11.3 Å². The Labute approximate surface area is 101 Å². The number of benzene rings is 1. The van der Waals surface area contributed by atoms with Gasteiger partial charge in [-0.05, 0) is 26.0 Å². The highest BCUT2D eigenvalue weighted by Crippen LogP contribution is 2.26. The van der Waals surface area contributed by atoms with E-state index in [1.54, 1.807) is 0 Å². The summed E-state index contributed by atoms with van der Waals surface area (Å²) in [6, 6.07) is 7.90. The molecular formula is C13H17N3O. The highest BCUT2D eigenvalue weighted by molar-refractivity contribution is 5.65. The van der Waals surface area contributed by atoms with Gasteiger partial charge in [0.2, 0.25) is 5.95 Å². The molecule has 90 valence electrons. The molecule has 2 N–H and O–H groups in total. The minimum Gasteiger partial charge on any atom is -0.494 e. The summed E-state index contributed by atoms with van der Waals surface area (Å²) in [5, 5.41) is 0. The van der Waals surface area contributed by atoms with Crippen molar-refractivity contribution in [1.82, 2.24) is 9.55 Å². The largest absolute Gasteiger partial charge is 0.494 e. The average molecular weight is 231 g/mol. The van der Waals surface area contributed by atoms with E-state index in [0.717, 1.165) is 22.7 Å². The van der Waals surface area contributed by atoms with Crippen LogP contribution in [0.1, 0.15) is 12.6 Å². The van der Waals surface area contributed by atoms with E-state index in [4.69, 9.17) is 10.5 Å². The summed E-state index contributed by atoms with van der Waals surface area (Å²) in [5.74, 6) is 1.38. The first kappa shape index (κ1) is 11.5. The molecule has 1 aromatic carbocycles. The first-order valence-electron chi connectivity index (χ1n) is 5.65. The summed E-state index contributed by atoms with van der Waals surface area (Å²) < 4.78 is 7.36. The van der Waals surface area contributed by atoms with Crippen LogP contribution in [-0.2, 0) is 7.05 Å². The van der Waals surface area contributed by atoms with Gasteiger partial charge < -0.3 is 15.0 Å². The number of rotatable bonds is 3. The average Bonchev–Trinajstić information content (AvgIpc) is 2.58. The van der Waals surface area contributed by atoms with Crippen molar-refractivity contribution in [2.24, 2.45) is 7.05 Å². The van der Waals surface area contributed by atoms with Gasteiger partial charge in [0.05, 0.1) is 12.3 Å². The van der Waals surface area contributed by atoms with Crippen LogP contribution in [-0.4, -0.2) is 16.2 Å². The van der Waals surface area contributed by atoms with Gasteiger partial charge in [0.15, 0.2) is 0 Å².